The molecule has 1 fully saturated rings. The van der Waals surface area contributed by atoms with Crippen LogP contribution in [-0.4, -0.2) is 35.2 Å². The third kappa shape index (κ3) is 5.87. The van der Waals surface area contributed by atoms with Gasteiger partial charge in [-0.25, -0.2) is 0 Å². The molecule has 0 bridgehead atoms. The van der Waals surface area contributed by atoms with Crippen molar-refractivity contribution in [1.29, 1.82) is 0 Å². The molecule has 178 valence electrons. The van der Waals surface area contributed by atoms with E-state index in [1.807, 2.05) is 29.2 Å². The molecule has 1 saturated heterocycles. The van der Waals surface area contributed by atoms with Gasteiger partial charge >= 0.3 is 0 Å². The zero-order chi connectivity index (χ0) is 24.1. The summed E-state index contributed by atoms with van der Waals surface area (Å²) in [6.45, 7) is 2.98. The highest BCUT2D eigenvalue weighted by molar-refractivity contribution is 7.15. The molecule has 1 atom stereocenters. The van der Waals surface area contributed by atoms with Gasteiger partial charge in [-0.2, -0.15) is 0 Å². The number of halogens is 2. The molecule has 2 amide bonds. The molecule has 34 heavy (non-hydrogen) atoms. The van der Waals surface area contributed by atoms with E-state index in [9.17, 15) is 9.59 Å². The normalized spacial score (nSPS) is 15.6. The number of benzene rings is 2. The lowest BCUT2D eigenvalue weighted by molar-refractivity contribution is -0.117. The van der Waals surface area contributed by atoms with Crippen LogP contribution in [0.25, 0.3) is 0 Å². The minimum Gasteiger partial charge on any atom is -0.492 e. The highest BCUT2D eigenvalue weighted by Gasteiger charge is 2.34. The van der Waals surface area contributed by atoms with Crippen molar-refractivity contribution in [3.8, 4) is 5.75 Å². The summed E-state index contributed by atoms with van der Waals surface area (Å²) in [4.78, 5) is 26.8. The number of carbonyl (C=O) groups excluding carboxylic acids is 2. The standard InChI is InChI=1S/C24H24Cl2N4O3S/c1-2-15-6-3-4-7-19(15)30-14-16(12-22(30)32)23-28-29-24(34-23)27-21(31)8-5-11-33-20-10-9-17(25)13-18(20)26/h3-4,6-7,9-10,13,16H,2,5,8,11-12,14H2,1H3,(H,27,29,31). The smallest absolute Gasteiger partial charge is 0.227 e. The van der Waals surface area contributed by atoms with Crippen LogP contribution in [0.3, 0.4) is 0 Å². The summed E-state index contributed by atoms with van der Waals surface area (Å²) in [6.07, 6.45) is 2.02. The SMILES string of the molecule is CCc1ccccc1N1CC(c2nnc(NC(=O)CCCOc3ccc(Cl)cc3Cl)s2)CC1=O. The summed E-state index contributed by atoms with van der Waals surface area (Å²) in [6, 6.07) is 13.0. The molecule has 2 aromatic carbocycles. The van der Waals surface area contributed by atoms with Gasteiger partial charge in [0.15, 0.2) is 0 Å². The van der Waals surface area contributed by atoms with E-state index in [4.69, 9.17) is 27.9 Å². The molecule has 7 nitrogen and oxygen atoms in total. The number of anilines is 2. The molecule has 1 aromatic heterocycles. The van der Waals surface area contributed by atoms with Gasteiger partial charge in [-0.3, -0.25) is 9.59 Å². The lowest BCUT2D eigenvalue weighted by atomic mass is 10.1. The van der Waals surface area contributed by atoms with Gasteiger partial charge in [0, 0.05) is 36.0 Å². The number of aromatic nitrogens is 2. The van der Waals surface area contributed by atoms with E-state index in [2.05, 4.69) is 22.4 Å². The number of nitrogens with one attached hydrogen (secondary N) is 1. The molecule has 1 aliphatic heterocycles. The van der Waals surface area contributed by atoms with Crippen LogP contribution in [0.5, 0.6) is 5.75 Å². The quantitative estimate of drug-likeness (QED) is 0.366. The number of para-hydroxylation sites is 1. The number of ether oxygens (including phenoxy) is 1. The van der Waals surface area contributed by atoms with Gasteiger partial charge in [-0.1, -0.05) is 59.7 Å². The molecule has 0 radical (unpaired) electrons. The second-order valence-electron chi connectivity index (χ2n) is 7.91. The third-order valence-electron chi connectivity index (χ3n) is 5.52. The molecule has 1 unspecified atom stereocenters. The fraction of sp³-hybridized carbons (Fsp3) is 0.333. The van der Waals surface area contributed by atoms with Crippen molar-refractivity contribution >= 4 is 57.2 Å². The topological polar surface area (TPSA) is 84.4 Å². The van der Waals surface area contributed by atoms with E-state index < -0.39 is 0 Å². The van der Waals surface area contributed by atoms with Gasteiger partial charge in [-0.15, -0.1) is 10.2 Å². The largest absolute Gasteiger partial charge is 0.492 e. The van der Waals surface area contributed by atoms with Crippen LogP contribution in [0.4, 0.5) is 10.8 Å². The number of hydrogen-bond donors (Lipinski definition) is 1. The van der Waals surface area contributed by atoms with Gasteiger partial charge in [0.05, 0.1) is 11.6 Å². The van der Waals surface area contributed by atoms with Crippen LogP contribution in [-0.2, 0) is 16.0 Å². The van der Waals surface area contributed by atoms with E-state index in [0.717, 1.165) is 22.7 Å². The molecular formula is C24H24Cl2N4O3S. The first-order valence-corrected chi connectivity index (χ1v) is 12.6. The lowest BCUT2D eigenvalue weighted by Gasteiger charge is -2.19. The van der Waals surface area contributed by atoms with Gasteiger partial charge in [0.1, 0.15) is 10.8 Å². The minimum atomic E-state index is -0.172. The average Bonchev–Trinajstić information content (AvgIpc) is 3.44. The molecule has 0 spiro atoms. The summed E-state index contributed by atoms with van der Waals surface area (Å²) in [7, 11) is 0. The Hall–Kier alpha value is -2.68. The molecule has 10 heteroatoms. The molecule has 2 heterocycles. The van der Waals surface area contributed by atoms with E-state index in [-0.39, 0.29) is 24.2 Å². The van der Waals surface area contributed by atoms with Crippen molar-refractivity contribution in [3.05, 3.63) is 63.1 Å². The predicted octanol–water partition coefficient (Wildman–Crippen LogP) is 5.73. The summed E-state index contributed by atoms with van der Waals surface area (Å²) in [5.74, 6) is 0.391. The van der Waals surface area contributed by atoms with Gasteiger partial charge in [0.2, 0.25) is 16.9 Å². The van der Waals surface area contributed by atoms with Crippen molar-refractivity contribution < 1.29 is 14.3 Å². The monoisotopic (exact) mass is 518 g/mol. The van der Waals surface area contributed by atoms with Crippen molar-refractivity contribution in [1.82, 2.24) is 10.2 Å². The van der Waals surface area contributed by atoms with Crippen LogP contribution in [0.1, 0.15) is 42.7 Å². The third-order valence-corrected chi connectivity index (χ3v) is 7.06. The molecule has 3 aromatic rings. The number of aryl methyl sites for hydroxylation is 1. The fourth-order valence-electron chi connectivity index (χ4n) is 3.82. The van der Waals surface area contributed by atoms with E-state index in [1.54, 1.807) is 18.2 Å². The highest BCUT2D eigenvalue weighted by Crippen LogP contribution is 2.35. The fourth-order valence-corrected chi connectivity index (χ4v) is 5.13. The van der Waals surface area contributed by atoms with Crippen LogP contribution >= 0.6 is 34.5 Å². The Labute approximate surface area is 212 Å². The molecule has 1 N–H and O–H groups in total. The van der Waals surface area contributed by atoms with Crippen LogP contribution in [0, 0.1) is 0 Å². The number of carbonyl (C=O) groups is 2. The number of nitrogens with zero attached hydrogens (tertiary/aromatic N) is 3. The number of amides is 2. The van der Waals surface area contributed by atoms with Crippen LogP contribution in [0.15, 0.2) is 42.5 Å². The Balaban J connectivity index is 1.27. The van der Waals surface area contributed by atoms with Crippen LogP contribution in [0.2, 0.25) is 10.0 Å². The Bertz CT molecular complexity index is 1190. The van der Waals surface area contributed by atoms with Crippen molar-refractivity contribution in [2.75, 3.05) is 23.4 Å². The lowest BCUT2D eigenvalue weighted by Crippen LogP contribution is -2.25. The Morgan fingerprint density at radius 2 is 2.06 bits per heavy atom. The molecule has 1 aliphatic rings. The first-order chi connectivity index (χ1) is 16.4. The maximum absolute atomic E-state index is 12.7. The second kappa shape index (κ2) is 11.2. The Kier molecular flexibility index (Phi) is 8.03. The highest BCUT2D eigenvalue weighted by atomic mass is 35.5. The molecule has 0 aliphatic carbocycles. The van der Waals surface area contributed by atoms with E-state index in [0.29, 0.717) is 46.9 Å². The molecule has 4 rings (SSSR count). The zero-order valence-electron chi connectivity index (χ0n) is 18.6. The number of rotatable bonds is 9. The summed E-state index contributed by atoms with van der Waals surface area (Å²) < 4.78 is 5.60. The van der Waals surface area contributed by atoms with Crippen LogP contribution < -0.4 is 15.0 Å². The summed E-state index contributed by atoms with van der Waals surface area (Å²) in [5.41, 5.74) is 2.10. The maximum Gasteiger partial charge on any atom is 0.227 e. The second-order valence-corrected chi connectivity index (χ2v) is 9.76. The number of hydrogen-bond acceptors (Lipinski definition) is 6. The van der Waals surface area contributed by atoms with Gasteiger partial charge in [-0.05, 0) is 42.7 Å². The zero-order valence-corrected chi connectivity index (χ0v) is 20.9. The molecule has 0 saturated carbocycles. The first kappa shape index (κ1) is 24.4. The van der Waals surface area contributed by atoms with E-state index >= 15 is 0 Å². The van der Waals surface area contributed by atoms with E-state index in [1.165, 1.54) is 11.3 Å². The first-order valence-electron chi connectivity index (χ1n) is 11.0. The summed E-state index contributed by atoms with van der Waals surface area (Å²) >= 11 is 13.3. The predicted molar refractivity (Wildman–Crippen MR) is 135 cm³/mol. The average molecular weight is 519 g/mol. The van der Waals surface area contributed by atoms with Crippen molar-refractivity contribution in [3.63, 3.8) is 0 Å². The van der Waals surface area contributed by atoms with Crippen molar-refractivity contribution in [2.45, 2.75) is 38.5 Å². The summed E-state index contributed by atoms with van der Waals surface area (Å²) in [5, 5.41) is 13.3. The minimum absolute atomic E-state index is 0.0434. The van der Waals surface area contributed by atoms with Gasteiger partial charge in [0.25, 0.3) is 0 Å². The van der Waals surface area contributed by atoms with Crippen molar-refractivity contribution in [2.24, 2.45) is 0 Å². The van der Waals surface area contributed by atoms with Gasteiger partial charge < -0.3 is 15.0 Å². The molecular weight excluding hydrogens is 495 g/mol. The Morgan fingerprint density at radius 1 is 1.24 bits per heavy atom. The maximum atomic E-state index is 12.7. The Morgan fingerprint density at radius 3 is 2.85 bits per heavy atom.